The van der Waals surface area contributed by atoms with Gasteiger partial charge in [-0.3, -0.25) is 4.98 Å². The minimum Gasteiger partial charge on any atom is -0.374 e. The first-order chi connectivity index (χ1) is 8.58. The van der Waals surface area contributed by atoms with Gasteiger partial charge < -0.3 is 5.11 Å². The molecule has 1 atom stereocenters. The van der Waals surface area contributed by atoms with Gasteiger partial charge in [-0.05, 0) is 31.5 Å². The summed E-state index contributed by atoms with van der Waals surface area (Å²) in [5, 5.41) is 10.3. The smallest absolute Gasteiger partial charge is 0.148 e. The number of pyridine rings is 1. The molecule has 0 spiro atoms. The number of aromatic nitrogens is 1. The van der Waals surface area contributed by atoms with E-state index in [0.29, 0.717) is 0 Å². The molecule has 0 radical (unpaired) electrons. The van der Waals surface area contributed by atoms with E-state index in [2.05, 4.69) is 16.8 Å². The quantitative estimate of drug-likeness (QED) is 0.773. The zero-order chi connectivity index (χ0) is 13.0. The van der Waals surface area contributed by atoms with Gasteiger partial charge >= 0.3 is 0 Å². The maximum absolute atomic E-state index is 10.3. The lowest BCUT2D eigenvalue weighted by Gasteiger charge is -2.16. The van der Waals surface area contributed by atoms with Gasteiger partial charge in [-0.25, -0.2) is 0 Å². The number of hydrogen-bond acceptors (Lipinski definition) is 2. The summed E-state index contributed by atoms with van der Waals surface area (Å²) < 4.78 is 0. The summed E-state index contributed by atoms with van der Waals surface area (Å²) in [6.07, 6.45) is 1.71. The van der Waals surface area contributed by atoms with Gasteiger partial charge in [-0.1, -0.05) is 42.2 Å². The van der Waals surface area contributed by atoms with E-state index in [4.69, 9.17) is 0 Å². The molecule has 0 saturated carbocycles. The summed E-state index contributed by atoms with van der Waals surface area (Å²) in [5.41, 5.74) is 1.40. The number of aliphatic hydroxyl groups is 1. The van der Waals surface area contributed by atoms with Crippen LogP contribution in [-0.2, 0) is 5.60 Å². The molecule has 18 heavy (non-hydrogen) atoms. The van der Waals surface area contributed by atoms with Gasteiger partial charge in [0.1, 0.15) is 5.60 Å². The molecule has 0 aliphatic rings. The van der Waals surface area contributed by atoms with Gasteiger partial charge in [0, 0.05) is 17.5 Å². The summed E-state index contributed by atoms with van der Waals surface area (Å²) in [6.45, 7) is 3.62. The molecule has 1 aromatic heterocycles. The van der Waals surface area contributed by atoms with Crippen LogP contribution >= 0.6 is 0 Å². The maximum Gasteiger partial charge on any atom is 0.148 e. The van der Waals surface area contributed by atoms with Crippen LogP contribution in [0.2, 0.25) is 0 Å². The molecule has 0 bridgehead atoms. The fourth-order valence-electron chi connectivity index (χ4n) is 1.57. The Bertz CT molecular complexity index is 574. The highest BCUT2D eigenvalue weighted by atomic mass is 16.3. The number of benzene rings is 1. The fraction of sp³-hybridized carbons (Fsp3) is 0.188. The van der Waals surface area contributed by atoms with Crippen LogP contribution in [0.1, 0.15) is 23.7 Å². The van der Waals surface area contributed by atoms with Gasteiger partial charge in [-0.15, -0.1) is 0 Å². The highest BCUT2D eigenvalue weighted by Crippen LogP contribution is 2.18. The van der Waals surface area contributed by atoms with Crippen LogP contribution in [0.25, 0.3) is 0 Å². The highest BCUT2D eigenvalue weighted by Gasteiger charge is 2.18. The third kappa shape index (κ3) is 2.97. The summed E-state index contributed by atoms with van der Waals surface area (Å²) in [7, 11) is 0. The molecule has 90 valence electrons. The van der Waals surface area contributed by atoms with Crippen LogP contribution in [-0.4, -0.2) is 10.1 Å². The average Bonchev–Trinajstić information content (AvgIpc) is 2.39. The summed E-state index contributed by atoms with van der Waals surface area (Å²) in [4.78, 5) is 4.17. The van der Waals surface area contributed by atoms with E-state index in [1.165, 1.54) is 0 Å². The molecule has 0 aliphatic heterocycles. The maximum atomic E-state index is 10.3. The minimum absolute atomic E-state index is 0.789. The summed E-state index contributed by atoms with van der Waals surface area (Å²) in [6, 6.07) is 13.2. The van der Waals surface area contributed by atoms with Gasteiger partial charge in [0.25, 0.3) is 0 Å². The van der Waals surface area contributed by atoms with Gasteiger partial charge in [0.05, 0.1) is 0 Å². The van der Waals surface area contributed by atoms with E-state index in [-0.39, 0.29) is 0 Å². The van der Waals surface area contributed by atoms with Crippen LogP contribution in [0, 0.1) is 18.8 Å². The first kappa shape index (κ1) is 12.3. The SMILES string of the molecule is Cc1ccc(C#CC(C)(O)c2ccccc2)cn1. The second kappa shape index (κ2) is 5.03. The summed E-state index contributed by atoms with van der Waals surface area (Å²) >= 11 is 0. The Morgan fingerprint density at radius 3 is 2.44 bits per heavy atom. The standard InChI is InChI=1S/C16H15NO/c1-13-8-9-14(12-17-13)10-11-16(2,18)15-6-4-3-5-7-15/h3-9,12,18H,1-2H3. The van der Waals surface area contributed by atoms with Crippen molar-refractivity contribution in [3.05, 3.63) is 65.5 Å². The van der Waals surface area contributed by atoms with Crippen molar-refractivity contribution in [1.82, 2.24) is 4.98 Å². The molecule has 2 heteroatoms. The second-order valence-corrected chi connectivity index (χ2v) is 4.38. The topological polar surface area (TPSA) is 33.1 Å². The Kier molecular flexibility index (Phi) is 3.45. The first-order valence-electron chi connectivity index (χ1n) is 5.82. The fourth-order valence-corrected chi connectivity index (χ4v) is 1.57. The molecule has 1 unspecified atom stereocenters. The zero-order valence-corrected chi connectivity index (χ0v) is 10.5. The van der Waals surface area contributed by atoms with Crippen molar-refractivity contribution in [2.24, 2.45) is 0 Å². The first-order valence-corrected chi connectivity index (χ1v) is 5.82. The van der Waals surface area contributed by atoms with Crippen molar-refractivity contribution in [2.75, 3.05) is 0 Å². The lowest BCUT2D eigenvalue weighted by atomic mass is 9.96. The normalized spacial score (nSPS) is 13.3. The minimum atomic E-state index is -1.15. The molecule has 2 nitrogen and oxygen atoms in total. The van der Waals surface area contributed by atoms with Crippen LogP contribution in [0.15, 0.2) is 48.7 Å². The number of hydrogen-bond donors (Lipinski definition) is 1. The van der Waals surface area contributed by atoms with Crippen molar-refractivity contribution in [3.63, 3.8) is 0 Å². The van der Waals surface area contributed by atoms with Crippen LogP contribution < -0.4 is 0 Å². The van der Waals surface area contributed by atoms with Gasteiger partial charge in [0.15, 0.2) is 0 Å². The largest absolute Gasteiger partial charge is 0.374 e. The molecular formula is C16H15NO. The Balaban J connectivity index is 2.26. The third-order valence-electron chi connectivity index (χ3n) is 2.70. The number of nitrogens with zero attached hydrogens (tertiary/aromatic N) is 1. The number of aryl methyl sites for hydroxylation is 1. The van der Waals surface area contributed by atoms with E-state index in [1.54, 1.807) is 13.1 Å². The van der Waals surface area contributed by atoms with Crippen LogP contribution in [0.4, 0.5) is 0 Å². The number of rotatable bonds is 1. The van der Waals surface area contributed by atoms with Crippen molar-refractivity contribution in [3.8, 4) is 11.8 Å². The molecule has 1 heterocycles. The van der Waals surface area contributed by atoms with Crippen molar-refractivity contribution >= 4 is 0 Å². The van der Waals surface area contributed by atoms with E-state index >= 15 is 0 Å². The molecule has 0 fully saturated rings. The summed E-state index contributed by atoms with van der Waals surface area (Å²) in [5.74, 6) is 5.82. The van der Waals surface area contributed by atoms with E-state index in [1.807, 2.05) is 49.4 Å². The Morgan fingerprint density at radius 1 is 1.11 bits per heavy atom. The molecule has 0 amide bonds. The van der Waals surface area contributed by atoms with E-state index < -0.39 is 5.60 Å². The zero-order valence-electron chi connectivity index (χ0n) is 10.5. The van der Waals surface area contributed by atoms with Gasteiger partial charge in [-0.2, -0.15) is 0 Å². The highest BCUT2D eigenvalue weighted by molar-refractivity contribution is 5.38. The third-order valence-corrected chi connectivity index (χ3v) is 2.70. The molecule has 2 rings (SSSR count). The molecule has 0 saturated heterocycles. The second-order valence-electron chi connectivity index (χ2n) is 4.38. The monoisotopic (exact) mass is 237 g/mol. The lowest BCUT2D eigenvalue weighted by molar-refractivity contribution is 0.122. The molecular weight excluding hydrogens is 222 g/mol. The van der Waals surface area contributed by atoms with E-state index in [9.17, 15) is 5.11 Å². The average molecular weight is 237 g/mol. The van der Waals surface area contributed by atoms with Crippen molar-refractivity contribution < 1.29 is 5.11 Å². The Morgan fingerprint density at radius 2 is 1.83 bits per heavy atom. The molecule has 1 N–H and O–H groups in total. The van der Waals surface area contributed by atoms with Crippen LogP contribution in [0.3, 0.4) is 0 Å². The van der Waals surface area contributed by atoms with Crippen molar-refractivity contribution in [2.45, 2.75) is 19.4 Å². The molecule has 1 aromatic carbocycles. The predicted octanol–water partition coefficient (Wildman–Crippen LogP) is 2.65. The van der Waals surface area contributed by atoms with E-state index in [0.717, 1.165) is 16.8 Å². The Hall–Kier alpha value is -2.11. The predicted molar refractivity (Wildman–Crippen MR) is 71.9 cm³/mol. The molecule has 2 aromatic rings. The Labute approximate surface area is 107 Å². The lowest BCUT2D eigenvalue weighted by Crippen LogP contribution is -2.18. The van der Waals surface area contributed by atoms with Crippen molar-refractivity contribution in [1.29, 1.82) is 0 Å². The van der Waals surface area contributed by atoms with Gasteiger partial charge in [0.2, 0.25) is 0 Å². The van der Waals surface area contributed by atoms with Crippen LogP contribution in [0.5, 0.6) is 0 Å². The molecule has 0 aliphatic carbocycles.